The molecule has 0 spiro atoms. The van der Waals surface area contributed by atoms with Crippen molar-refractivity contribution in [2.24, 2.45) is 5.73 Å². The van der Waals surface area contributed by atoms with E-state index in [1.807, 2.05) is 48.5 Å². The van der Waals surface area contributed by atoms with Gasteiger partial charge in [0.15, 0.2) is 5.60 Å². The van der Waals surface area contributed by atoms with Crippen LogP contribution in [0.15, 0.2) is 60.7 Å². The van der Waals surface area contributed by atoms with Gasteiger partial charge in [-0.25, -0.2) is 0 Å². The molecule has 1 unspecified atom stereocenters. The minimum atomic E-state index is -1.33. The van der Waals surface area contributed by atoms with Gasteiger partial charge in [0.05, 0.1) is 0 Å². The third kappa shape index (κ3) is 1.53. The standard InChI is InChI=1S/C19H13NO/c20-10-9-19(21)17-8-4-3-7-15(17)16-11-13-5-1-2-6-14(13)12-18(16)19/h1-8,11-12,21H,20H2. The minimum absolute atomic E-state index is 0.799. The molecule has 0 fully saturated rings. The monoisotopic (exact) mass is 271 g/mol. The fourth-order valence-corrected chi connectivity index (χ4v) is 3.18. The zero-order chi connectivity index (χ0) is 14.4. The summed E-state index contributed by atoms with van der Waals surface area (Å²) >= 11 is 0. The maximum atomic E-state index is 11.1. The first-order valence-electron chi connectivity index (χ1n) is 6.82. The Morgan fingerprint density at radius 1 is 0.810 bits per heavy atom. The zero-order valence-electron chi connectivity index (χ0n) is 11.3. The van der Waals surface area contributed by atoms with Crippen LogP contribution >= 0.6 is 0 Å². The van der Waals surface area contributed by atoms with Crippen LogP contribution < -0.4 is 5.73 Å². The Kier molecular flexibility index (Phi) is 2.35. The number of rotatable bonds is 0. The Hall–Kier alpha value is -2.76. The van der Waals surface area contributed by atoms with E-state index < -0.39 is 5.60 Å². The highest BCUT2D eigenvalue weighted by Gasteiger charge is 2.40. The Labute approximate surface area is 122 Å². The van der Waals surface area contributed by atoms with Crippen molar-refractivity contribution in [3.05, 3.63) is 71.8 Å². The second-order valence-electron chi connectivity index (χ2n) is 5.27. The molecule has 0 bridgehead atoms. The predicted octanol–water partition coefficient (Wildman–Crippen LogP) is 2.98. The van der Waals surface area contributed by atoms with Gasteiger partial charge < -0.3 is 10.8 Å². The first-order chi connectivity index (χ1) is 10.2. The van der Waals surface area contributed by atoms with Crippen LogP contribution in [0.25, 0.3) is 21.9 Å². The molecule has 0 saturated carbocycles. The lowest BCUT2D eigenvalue weighted by atomic mass is 9.91. The molecule has 2 heteroatoms. The molecule has 1 aliphatic carbocycles. The molecule has 3 N–H and O–H groups in total. The Balaban J connectivity index is 2.15. The summed E-state index contributed by atoms with van der Waals surface area (Å²) in [4.78, 5) is 0. The molecule has 0 heterocycles. The fraction of sp³-hybridized carbons (Fsp3) is 0.0526. The predicted molar refractivity (Wildman–Crippen MR) is 84.3 cm³/mol. The van der Waals surface area contributed by atoms with E-state index >= 15 is 0 Å². The van der Waals surface area contributed by atoms with E-state index in [1.165, 1.54) is 0 Å². The number of aliphatic hydroxyl groups is 1. The number of hydrogen-bond acceptors (Lipinski definition) is 2. The molecule has 4 rings (SSSR count). The van der Waals surface area contributed by atoms with Gasteiger partial charge in [0.2, 0.25) is 0 Å². The molecular weight excluding hydrogens is 258 g/mol. The number of nitrogens with two attached hydrogens (primary N) is 1. The van der Waals surface area contributed by atoms with Crippen LogP contribution in [-0.2, 0) is 5.60 Å². The van der Waals surface area contributed by atoms with Crippen molar-refractivity contribution in [1.82, 2.24) is 0 Å². The van der Waals surface area contributed by atoms with Gasteiger partial charge in [-0.05, 0) is 40.0 Å². The van der Waals surface area contributed by atoms with E-state index in [4.69, 9.17) is 5.73 Å². The molecule has 3 aromatic carbocycles. The van der Waals surface area contributed by atoms with Gasteiger partial charge >= 0.3 is 0 Å². The quantitative estimate of drug-likeness (QED) is 0.488. The molecule has 1 aliphatic rings. The van der Waals surface area contributed by atoms with Crippen LogP contribution in [0.3, 0.4) is 0 Å². The SMILES string of the molecule is NC#CC1(O)c2ccccc2-c2cc3ccccc3cc21. The third-order valence-electron chi connectivity index (χ3n) is 4.14. The highest BCUT2D eigenvalue weighted by Crippen LogP contribution is 2.48. The number of fused-ring (bicyclic) bond motifs is 4. The average molecular weight is 271 g/mol. The van der Waals surface area contributed by atoms with Crippen LogP contribution in [-0.4, -0.2) is 5.11 Å². The molecule has 0 amide bonds. The van der Waals surface area contributed by atoms with Gasteiger partial charge in [-0.15, -0.1) is 0 Å². The van der Waals surface area contributed by atoms with E-state index in [0.717, 1.165) is 33.0 Å². The molecule has 0 saturated heterocycles. The highest BCUT2D eigenvalue weighted by molar-refractivity contribution is 5.93. The molecule has 0 radical (unpaired) electrons. The van der Waals surface area contributed by atoms with E-state index in [2.05, 4.69) is 24.1 Å². The van der Waals surface area contributed by atoms with Gasteiger partial charge in [0, 0.05) is 17.2 Å². The number of benzene rings is 3. The van der Waals surface area contributed by atoms with E-state index in [9.17, 15) is 5.11 Å². The van der Waals surface area contributed by atoms with Gasteiger partial charge in [-0.2, -0.15) is 0 Å². The second-order valence-corrected chi connectivity index (χ2v) is 5.27. The Morgan fingerprint density at radius 2 is 1.48 bits per heavy atom. The lowest BCUT2D eigenvalue weighted by Gasteiger charge is -2.19. The summed E-state index contributed by atoms with van der Waals surface area (Å²) in [5.41, 5.74) is 7.72. The maximum Gasteiger partial charge on any atom is 0.179 e. The summed E-state index contributed by atoms with van der Waals surface area (Å²) in [6.45, 7) is 0. The van der Waals surface area contributed by atoms with Gasteiger partial charge in [0.1, 0.15) is 0 Å². The van der Waals surface area contributed by atoms with E-state index in [0.29, 0.717) is 0 Å². The number of hydrogen-bond donors (Lipinski definition) is 2. The first-order valence-corrected chi connectivity index (χ1v) is 6.82. The Morgan fingerprint density at radius 3 is 2.24 bits per heavy atom. The fourth-order valence-electron chi connectivity index (χ4n) is 3.18. The Bertz CT molecular complexity index is 933. The molecule has 3 aromatic rings. The molecular formula is C19H13NO. The van der Waals surface area contributed by atoms with Crippen LogP contribution in [0.1, 0.15) is 11.1 Å². The summed E-state index contributed by atoms with van der Waals surface area (Å²) in [5.74, 6) is 2.78. The van der Waals surface area contributed by atoms with Crippen molar-refractivity contribution in [3.8, 4) is 23.1 Å². The van der Waals surface area contributed by atoms with Crippen molar-refractivity contribution in [1.29, 1.82) is 0 Å². The molecule has 0 aromatic heterocycles. The molecule has 2 nitrogen and oxygen atoms in total. The van der Waals surface area contributed by atoms with Crippen molar-refractivity contribution in [2.45, 2.75) is 5.60 Å². The lowest BCUT2D eigenvalue weighted by Crippen LogP contribution is -2.22. The molecule has 0 aliphatic heterocycles. The van der Waals surface area contributed by atoms with Crippen molar-refractivity contribution in [2.75, 3.05) is 0 Å². The molecule has 100 valence electrons. The summed E-state index contributed by atoms with van der Waals surface area (Å²) in [5, 5.41) is 13.3. The summed E-state index contributed by atoms with van der Waals surface area (Å²) < 4.78 is 0. The largest absolute Gasteiger partial charge is 0.369 e. The van der Waals surface area contributed by atoms with Crippen molar-refractivity contribution >= 4 is 10.8 Å². The van der Waals surface area contributed by atoms with E-state index in [-0.39, 0.29) is 0 Å². The van der Waals surface area contributed by atoms with Gasteiger partial charge in [-0.3, -0.25) is 0 Å². The topological polar surface area (TPSA) is 46.2 Å². The summed E-state index contributed by atoms with van der Waals surface area (Å²) in [6.07, 6.45) is 0. The highest BCUT2D eigenvalue weighted by atomic mass is 16.3. The maximum absolute atomic E-state index is 11.1. The second kappa shape index (κ2) is 4.12. The van der Waals surface area contributed by atoms with Crippen molar-refractivity contribution < 1.29 is 5.11 Å². The first kappa shape index (κ1) is 12.0. The zero-order valence-corrected chi connectivity index (χ0v) is 11.3. The molecule has 1 atom stereocenters. The van der Waals surface area contributed by atoms with Crippen LogP contribution in [0, 0.1) is 12.0 Å². The molecule has 21 heavy (non-hydrogen) atoms. The van der Waals surface area contributed by atoms with E-state index in [1.54, 1.807) is 0 Å². The smallest absolute Gasteiger partial charge is 0.179 e. The van der Waals surface area contributed by atoms with Crippen LogP contribution in [0.5, 0.6) is 0 Å². The van der Waals surface area contributed by atoms with Crippen LogP contribution in [0.4, 0.5) is 0 Å². The van der Waals surface area contributed by atoms with Gasteiger partial charge in [0.25, 0.3) is 0 Å². The van der Waals surface area contributed by atoms with Gasteiger partial charge in [-0.1, -0.05) is 48.5 Å². The van der Waals surface area contributed by atoms with Crippen LogP contribution in [0.2, 0.25) is 0 Å². The lowest BCUT2D eigenvalue weighted by molar-refractivity contribution is 0.150. The minimum Gasteiger partial charge on any atom is -0.369 e. The summed E-state index contributed by atoms with van der Waals surface area (Å²) in [6, 6.07) is 22.4. The van der Waals surface area contributed by atoms with Crippen molar-refractivity contribution in [3.63, 3.8) is 0 Å². The average Bonchev–Trinajstić information content (AvgIpc) is 2.76. The normalized spacial score (nSPS) is 18.7. The third-order valence-corrected chi connectivity index (χ3v) is 4.14. The summed E-state index contributed by atoms with van der Waals surface area (Å²) in [7, 11) is 0.